The fraction of sp³-hybridized carbons (Fsp3) is 0.778. The molecule has 0 aliphatic carbocycles. The molecular weight excluding hydrogens is 823 g/mol. The first kappa shape index (κ1) is 60.4. The van der Waals surface area contributed by atoms with Crippen LogP contribution in [0.2, 0.25) is 0 Å². The molecule has 1 heterocycles. The molecule has 65 heavy (non-hydrogen) atoms. The Labute approximate surface area is 395 Å². The predicted octanol–water partition coefficient (Wildman–Crippen LogP) is 10.7. The maximum absolute atomic E-state index is 13.3. The van der Waals surface area contributed by atoms with Gasteiger partial charge in [0.1, 0.15) is 24.4 Å². The molecule has 0 saturated carbocycles. The van der Waals surface area contributed by atoms with Crippen LogP contribution >= 0.6 is 0 Å². The molecule has 11 nitrogen and oxygen atoms in total. The van der Waals surface area contributed by atoms with E-state index in [-0.39, 0.29) is 19.4 Å². The molecule has 11 heteroatoms. The number of rotatable bonds is 42. The fourth-order valence-corrected chi connectivity index (χ4v) is 7.84. The summed E-state index contributed by atoms with van der Waals surface area (Å²) in [5, 5.41) is 56.5. The summed E-state index contributed by atoms with van der Waals surface area (Å²) in [5.41, 5.74) is 0. The number of unbranched alkanes of at least 4 members (excludes halogenated alkanes) is 23. The normalized spacial score (nSPS) is 20.8. The van der Waals surface area contributed by atoms with E-state index in [1.165, 1.54) is 96.3 Å². The number of hydrogen-bond donors (Lipinski definition) is 6. The van der Waals surface area contributed by atoms with E-state index in [9.17, 15) is 35.1 Å². The topological polar surface area (TPSA) is 175 Å². The highest BCUT2D eigenvalue weighted by Crippen LogP contribution is 2.26. The van der Waals surface area contributed by atoms with Gasteiger partial charge in [-0.15, -0.1) is 0 Å². The standard InChI is InChI=1S/C54H95NO10/c1-4-7-10-13-16-19-22-24-27-30-33-36-39-42-49(59)65-52-51(61)50(60)48(43-56)64-54(52)63-44-45(46(57)40-37-34-31-28-25-21-18-15-12-9-6-3)55-53(62)47(58)41-38-35-32-29-26-23-20-17-14-11-8-5-2/h8,11,14,17,20,23,26,29,37,40,45-48,50-52,54,56-58,60-61H,4-7,9-10,12-13,15-16,18-19,21-22,24-25,27-28,30-36,38-39,41-44H2,1-3H3,(H,55,62)/b11-8+,17-14+,23-20-,29-26-,40-37+. The highest BCUT2D eigenvalue weighted by atomic mass is 16.7. The van der Waals surface area contributed by atoms with Crippen molar-refractivity contribution >= 4 is 11.9 Å². The number of carbonyl (C=O) groups excluding carboxylic acids is 2. The van der Waals surface area contributed by atoms with E-state index in [4.69, 9.17) is 14.2 Å². The Morgan fingerprint density at radius 1 is 0.615 bits per heavy atom. The number of esters is 1. The van der Waals surface area contributed by atoms with Gasteiger partial charge < -0.3 is 45.1 Å². The number of allylic oxidation sites excluding steroid dienone is 9. The Hall–Kier alpha value is -2.64. The number of aliphatic hydroxyl groups is 5. The van der Waals surface area contributed by atoms with Crippen LogP contribution < -0.4 is 5.32 Å². The maximum Gasteiger partial charge on any atom is 0.306 e. The molecule has 0 aromatic heterocycles. The molecule has 1 aliphatic rings. The molecule has 1 fully saturated rings. The van der Waals surface area contributed by atoms with Gasteiger partial charge in [0, 0.05) is 6.42 Å². The molecule has 1 aliphatic heterocycles. The minimum Gasteiger partial charge on any atom is -0.454 e. The molecule has 8 unspecified atom stereocenters. The first-order valence-electron chi connectivity index (χ1n) is 26.1. The lowest BCUT2D eigenvalue weighted by Crippen LogP contribution is -2.61. The third kappa shape index (κ3) is 31.9. The largest absolute Gasteiger partial charge is 0.454 e. The number of hydrogen-bond acceptors (Lipinski definition) is 10. The van der Waals surface area contributed by atoms with Crippen LogP contribution in [0.15, 0.2) is 60.8 Å². The molecule has 376 valence electrons. The zero-order valence-electron chi connectivity index (χ0n) is 41.1. The van der Waals surface area contributed by atoms with Gasteiger partial charge in [0.2, 0.25) is 5.91 Å². The van der Waals surface area contributed by atoms with Crippen molar-refractivity contribution in [2.75, 3.05) is 13.2 Å². The van der Waals surface area contributed by atoms with Crippen LogP contribution in [0.5, 0.6) is 0 Å². The van der Waals surface area contributed by atoms with Crippen LogP contribution in [0, 0.1) is 0 Å². The molecular formula is C54H95NO10. The average Bonchev–Trinajstić information content (AvgIpc) is 3.30. The summed E-state index contributed by atoms with van der Waals surface area (Å²) in [6.45, 7) is 5.57. The van der Waals surface area contributed by atoms with Gasteiger partial charge in [-0.25, -0.2) is 0 Å². The summed E-state index contributed by atoms with van der Waals surface area (Å²) in [6, 6.07) is -1.04. The van der Waals surface area contributed by atoms with E-state index in [1.807, 2.05) is 48.6 Å². The van der Waals surface area contributed by atoms with Crippen molar-refractivity contribution in [3.05, 3.63) is 60.8 Å². The van der Waals surface area contributed by atoms with E-state index in [1.54, 1.807) is 6.08 Å². The van der Waals surface area contributed by atoms with Gasteiger partial charge >= 0.3 is 5.97 Å². The third-order valence-electron chi connectivity index (χ3n) is 12.0. The summed E-state index contributed by atoms with van der Waals surface area (Å²) in [7, 11) is 0. The second kappa shape index (κ2) is 42.7. The molecule has 0 aromatic rings. The molecule has 0 spiro atoms. The lowest BCUT2D eigenvalue weighted by Gasteiger charge is -2.41. The second-order valence-electron chi connectivity index (χ2n) is 18.0. The number of amides is 1. The van der Waals surface area contributed by atoms with Crippen molar-refractivity contribution in [3.63, 3.8) is 0 Å². The van der Waals surface area contributed by atoms with Crippen molar-refractivity contribution in [2.24, 2.45) is 0 Å². The molecule has 6 N–H and O–H groups in total. The highest BCUT2D eigenvalue weighted by molar-refractivity contribution is 5.80. The fourth-order valence-electron chi connectivity index (χ4n) is 7.84. The smallest absolute Gasteiger partial charge is 0.306 e. The summed E-state index contributed by atoms with van der Waals surface area (Å²) < 4.78 is 17.5. The van der Waals surface area contributed by atoms with E-state index < -0.39 is 67.4 Å². The van der Waals surface area contributed by atoms with Crippen molar-refractivity contribution in [1.29, 1.82) is 0 Å². The van der Waals surface area contributed by atoms with Gasteiger partial charge in [-0.3, -0.25) is 9.59 Å². The SMILES string of the molecule is CC/C=C/C=C/C=C\C=C/CCCCC(O)C(=O)NC(COC1OC(CO)C(O)C(O)C1OC(=O)CCCCCCCCCCCCCCC)C(O)/C=C/CCCCCCCCCCC. The lowest BCUT2D eigenvalue weighted by atomic mass is 9.99. The first-order chi connectivity index (χ1) is 31.7. The minimum atomic E-state index is -1.62. The minimum absolute atomic E-state index is 0.119. The highest BCUT2D eigenvalue weighted by Gasteiger charge is 2.47. The zero-order chi connectivity index (χ0) is 47.6. The Kier molecular flexibility index (Phi) is 39.7. The second-order valence-corrected chi connectivity index (χ2v) is 18.0. The van der Waals surface area contributed by atoms with Gasteiger partial charge in [0.25, 0.3) is 0 Å². The van der Waals surface area contributed by atoms with Gasteiger partial charge in [-0.2, -0.15) is 0 Å². The molecule has 0 bridgehead atoms. The van der Waals surface area contributed by atoms with E-state index in [0.717, 1.165) is 64.2 Å². The van der Waals surface area contributed by atoms with Crippen LogP contribution in [0.3, 0.4) is 0 Å². The van der Waals surface area contributed by atoms with Gasteiger partial charge in [-0.1, -0.05) is 216 Å². The number of ether oxygens (including phenoxy) is 3. The first-order valence-corrected chi connectivity index (χ1v) is 26.1. The Morgan fingerprint density at radius 3 is 1.66 bits per heavy atom. The van der Waals surface area contributed by atoms with Crippen LogP contribution in [0.25, 0.3) is 0 Å². The zero-order valence-corrected chi connectivity index (χ0v) is 41.1. The summed E-state index contributed by atoms with van der Waals surface area (Å²) in [6.07, 6.45) is 40.0. The summed E-state index contributed by atoms with van der Waals surface area (Å²) in [4.78, 5) is 26.3. The molecule has 0 aromatic carbocycles. The van der Waals surface area contributed by atoms with Crippen LogP contribution in [0.4, 0.5) is 0 Å². The van der Waals surface area contributed by atoms with E-state index >= 15 is 0 Å². The molecule has 1 amide bonds. The Morgan fingerprint density at radius 2 is 1.11 bits per heavy atom. The van der Waals surface area contributed by atoms with Crippen LogP contribution in [0.1, 0.15) is 207 Å². The average molecular weight is 918 g/mol. The quantitative estimate of drug-likeness (QED) is 0.0150. The molecule has 8 atom stereocenters. The molecule has 0 radical (unpaired) electrons. The van der Waals surface area contributed by atoms with Crippen molar-refractivity contribution in [2.45, 2.75) is 256 Å². The van der Waals surface area contributed by atoms with Crippen molar-refractivity contribution in [1.82, 2.24) is 5.32 Å². The lowest BCUT2D eigenvalue weighted by molar-refractivity contribution is -0.305. The molecule has 1 rings (SSSR count). The van der Waals surface area contributed by atoms with Gasteiger partial charge in [-0.05, 0) is 44.9 Å². The maximum atomic E-state index is 13.3. The summed E-state index contributed by atoms with van der Waals surface area (Å²) >= 11 is 0. The van der Waals surface area contributed by atoms with E-state index in [0.29, 0.717) is 12.8 Å². The Balaban J connectivity index is 2.81. The molecule has 1 saturated heterocycles. The monoisotopic (exact) mass is 918 g/mol. The van der Waals surface area contributed by atoms with Crippen LogP contribution in [-0.2, 0) is 23.8 Å². The third-order valence-corrected chi connectivity index (χ3v) is 12.0. The number of aliphatic hydroxyl groups excluding tert-OH is 5. The number of carbonyl (C=O) groups is 2. The van der Waals surface area contributed by atoms with Gasteiger partial charge in [0.15, 0.2) is 12.4 Å². The van der Waals surface area contributed by atoms with Crippen molar-refractivity contribution in [3.8, 4) is 0 Å². The van der Waals surface area contributed by atoms with Crippen molar-refractivity contribution < 1.29 is 49.3 Å². The van der Waals surface area contributed by atoms with Gasteiger partial charge in [0.05, 0.1) is 25.4 Å². The summed E-state index contributed by atoms with van der Waals surface area (Å²) in [5.74, 6) is -1.24. The van der Waals surface area contributed by atoms with E-state index in [2.05, 4.69) is 32.2 Å². The van der Waals surface area contributed by atoms with Crippen LogP contribution in [-0.4, -0.2) is 99.6 Å². The number of nitrogens with one attached hydrogen (secondary N) is 1. The predicted molar refractivity (Wildman–Crippen MR) is 264 cm³/mol. The Bertz CT molecular complexity index is 1280.